The fourth-order valence-corrected chi connectivity index (χ4v) is 3.40. The lowest BCUT2D eigenvalue weighted by molar-refractivity contribution is -0.117. The molecular weight excluding hydrogens is 358 g/mol. The van der Waals surface area contributed by atoms with Crippen molar-refractivity contribution in [1.82, 2.24) is 4.98 Å². The molecule has 1 aromatic heterocycles. The molecule has 2 amide bonds. The highest BCUT2D eigenvalue weighted by Crippen LogP contribution is 2.24. The second-order valence-corrected chi connectivity index (χ2v) is 7.23. The molecule has 3 rings (SSSR count). The molecule has 1 fully saturated rings. The summed E-state index contributed by atoms with van der Waals surface area (Å²) in [7, 11) is 0. The van der Waals surface area contributed by atoms with Gasteiger partial charge in [0, 0.05) is 30.0 Å². The van der Waals surface area contributed by atoms with Crippen LogP contribution in [0.25, 0.3) is 0 Å². The summed E-state index contributed by atoms with van der Waals surface area (Å²) in [6.07, 6.45) is 1.20. The number of H-pyrrole nitrogens is 1. The van der Waals surface area contributed by atoms with E-state index in [9.17, 15) is 14.4 Å². The van der Waals surface area contributed by atoms with Crippen LogP contribution in [-0.4, -0.2) is 35.4 Å². The average molecular weight is 383 g/mol. The predicted octanol–water partition coefficient (Wildman–Crippen LogP) is 3.58. The highest BCUT2D eigenvalue weighted by molar-refractivity contribution is 6.07. The fourth-order valence-electron chi connectivity index (χ4n) is 3.40. The monoisotopic (exact) mass is 383 g/mol. The molecule has 2 heterocycles. The average Bonchev–Trinajstić information content (AvgIpc) is 3.18. The number of hydrogen-bond donors (Lipinski definition) is 2. The van der Waals surface area contributed by atoms with Crippen molar-refractivity contribution in [2.24, 2.45) is 0 Å². The van der Waals surface area contributed by atoms with E-state index in [1.165, 1.54) is 0 Å². The summed E-state index contributed by atoms with van der Waals surface area (Å²) in [4.78, 5) is 41.5. The van der Waals surface area contributed by atoms with Crippen molar-refractivity contribution in [2.75, 3.05) is 16.8 Å². The fraction of sp³-hybridized carbons (Fsp3) is 0.381. The lowest BCUT2D eigenvalue weighted by Crippen LogP contribution is -2.23. The smallest absolute Gasteiger partial charge is 0.340 e. The first kappa shape index (κ1) is 19.7. The van der Waals surface area contributed by atoms with Crippen LogP contribution in [0.4, 0.5) is 11.4 Å². The number of anilines is 2. The molecule has 0 radical (unpaired) electrons. The number of amides is 2. The summed E-state index contributed by atoms with van der Waals surface area (Å²) in [6.45, 7) is 7.74. The summed E-state index contributed by atoms with van der Waals surface area (Å²) in [6, 6.07) is 7.16. The number of aryl methyl sites for hydroxylation is 1. The molecule has 28 heavy (non-hydrogen) atoms. The van der Waals surface area contributed by atoms with E-state index in [1.54, 1.807) is 44.7 Å². The van der Waals surface area contributed by atoms with Crippen molar-refractivity contribution in [1.29, 1.82) is 0 Å². The maximum absolute atomic E-state index is 12.7. The number of benzene rings is 1. The van der Waals surface area contributed by atoms with Crippen molar-refractivity contribution in [2.45, 2.75) is 46.6 Å². The Morgan fingerprint density at radius 3 is 2.43 bits per heavy atom. The van der Waals surface area contributed by atoms with E-state index in [0.29, 0.717) is 34.6 Å². The summed E-state index contributed by atoms with van der Waals surface area (Å²) < 4.78 is 5.26. The highest BCUT2D eigenvalue weighted by Gasteiger charge is 2.24. The largest absolute Gasteiger partial charge is 0.459 e. The van der Waals surface area contributed by atoms with E-state index in [4.69, 9.17) is 4.74 Å². The number of nitrogens with one attached hydrogen (secondary N) is 2. The van der Waals surface area contributed by atoms with Gasteiger partial charge in [0.15, 0.2) is 0 Å². The third-order valence-electron chi connectivity index (χ3n) is 4.72. The molecule has 1 aliphatic heterocycles. The Morgan fingerprint density at radius 2 is 1.86 bits per heavy atom. The van der Waals surface area contributed by atoms with Gasteiger partial charge in [0.2, 0.25) is 5.91 Å². The zero-order chi connectivity index (χ0) is 20.4. The molecule has 1 saturated heterocycles. The van der Waals surface area contributed by atoms with Gasteiger partial charge in [-0.1, -0.05) is 0 Å². The lowest BCUT2D eigenvalue weighted by Gasteiger charge is -2.16. The van der Waals surface area contributed by atoms with Crippen LogP contribution in [0.3, 0.4) is 0 Å². The van der Waals surface area contributed by atoms with Crippen molar-refractivity contribution in [3.8, 4) is 0 Å². The summed E-state index contributed by atoms with van der Waals surface area (Å²) in [5, 5.41) is 2.82. The first-order valence-electron chi connectivity index (χ1n) is 9.40. The van der Waals surface area contributed by atoms with Crippen LogP contribution in [0, 0.1) is 13.8 Å². The summed E-state index contributed by atoms with van der Waals surface area (Å²) in [5.74, 6) is -0.663. The van der Waals surface area contributed by atoms with Crippen LogP contribution < -0.4 is 10.2 Å². The second-order valence-electron chi connectivity index (χ2n) is 7.23. The topological polar surface area (TPSA) is 91.5 Å². The first-order valence-corrected chi connectivity index (χ1v) is 9.40. The highest BCUT2D eigenvalue weighted by atomic mass is 16.5. The molecule has 1 aliphatic rings. The predicted molar refractivity (Wildman–Crippen MR) is 107 cm³/mol. The van der Waals surface area contributed by atoms with Crippen LogP contribution in [0.5, 0.6) is 0 Å². The minimum Gasteiger partial charge on any atom is -0.459 e. The summed E-state index contributed by atoms with van der Waals surface area (Å²) in [5.41, 5.74) is 3.30. The van der Waals surface area contributed by atoms with E-state index in [0.717, 1.165) is 18.7 Å². The summed E-state index contributed by atoms with van der Waals surface area (Å²) >= 11 is 0. The maximum atomic E-state index is 12.7. The van der Waals surface area contributed by atoms with Crippen LogP contribution >= 0.6 is 0 Å². The molecule has 148 valence electrons. The first-order chi connectivity index (χ1) is 13.3. The van der Waals surface area contributed by atoms with Crippen molar-refractivity contribution in [3.05, 3.63) is 46.8 Å². The quantitative estimate of drug-likeness (QED) is 0.772. The van der Waals surface area contributed by atoms with Gasteiger partial charge in [-0.15, -0.1) is 0 Å². The number of aromatic nitrogens is 1. The Kier molecular flexibility index (Phi) is 5.53. The zero-order valence-electron chi connectivity index (χ0n) is 16.6. The third kappa shape index (κ3) is 3.93. The normalized spacial score (nSPS) is 13.9. The van der Waals surface area contributed by atoms with Gasteiger partial charge in [0.05, 0.1) is 11.7 Å². The molecule has 0 saturated carbocycles. The minimum atomic E-state index is -0.445. The zero-order valence-corrected chi connectivity index (χ0v) is 16.6. The second kappa shape index (κ2) is 7.88. The van der Waals surface area contributed by atoms with E-state index < -0.39 is 5.97 Å². The molecular formula is C21H25N3O4. The molecule has 1 aromatic carbocycles. The van der Waals surface area contributed by atoms with Crippen LogP contribution in [0.2, 0.25) is 0 Å². The SMILES string of the molecule is Cc1[nH]c(C(=O)Nc2ccc(N3CCCC3=O)cc2)c(C)c1C(=O)OC(C)C. The van der Waals surface area contributed by atoms with Crippen LogP contribution in [-0.2, 0) is 9.53 Å². The van der Waals surface area contributed by atoms with Gasteiger partial charge in [0.1, 0.15) is 5.69 Å². The lowest BCUT2D eigenvalue weighted by atomic mass is 10.1. The molecule has 7 heteroatoms. The number of hydrogen-bond acceptors (Lipinski definition) is 4. The van der Waals surface area contributed by atoms with Crippen LogP contribution in [0.1, 0.15) is 58.8 Å². The van der Waals surface area contributed by atoms with E-state index in [-0.39, 0.29) is 17.9 Å². The number of carbonyl (C=O) groups is 3. The Labute approximate surface area is 164 Å². The molecule has 0 atom stereocenters. The van der Waals surface area contributed by atoms with Crippen LogP contribution in [0.15, 0.2) is 24.3 Å². The van der Waals surface area contributed by atoms with E-state index in [1.807, 2.05) is 12.1 Å². The Bertz CT molecular complexity index is 912. The molecule has 0 unspecified atom stereocenters. The number of ether oxygens (including phenoxy) is 1. The third-order valence-corrected chi connectivity index (χ3v) is 4.72. The van der Waals surface area contributed by atoms with E-state index >= 15 is 0 Å². The molecule has 7 nitrogen and oxygen atoms in total. The molecule has 0 spiro atoms. The Hall–Kier alpha value is -3.09. The van der Waals surface area contributed by atoms with Crippen molar-refractivity contribution in [3.63, 3.8) is 0 Å². The Morgan fingerprint density at radius 1 is 1.18 bits per heavy atom. The molecule has 0 bridgehead atoms. The number of carbonyl (C=O) groups excluding carboxylic acids is 3. The molecule has 0 aliphatic carbocycles. The van der Waals surface area contributed by atoms with Gasteiger partial charge >= 0.3 is 5.97 Å². The van der Waals surface area contributed by atoms with Gasteiger partial charge in [-0.05, 0) is 63.9 Å². The van der Waals surface area contributed by atoms with Gasteiger partial charge in [-0.25, -0.2) is 4.79 Å². The number of nitrogens with zero attached hydrogens (tertiary/aromatic N) is 1. The van der Waals surface area contributed by atoms with Crippen molar-refractivity contribution < 1.29 is 19.1 Å². The van der Waals surface area contributed by atoms with Gasteiger partial charge in [0.25, 0.3) is 5.91 Å². The van der Waals surface area contributed by atoms with Crippen molar-refractivity contribution >= 4 is 29.2 Å². The molecule has 2 N–H and O–H groups in total. The number of aromatic amines is 1. The minimum absolute atomic E-state index is 0.120. The standard InChI is InChI=1S/C21H25N3O4/c1-12(2)28-21(27)18-13(3)19(22-14(18)4)20(26)23-15-7-9-16(10-8-15)24-11-5-6-17(24)25/h7-10,12,22H,5-6,11H2,1-4H3,(H,23,26). The molecule has 2 aromatic rings. The Balaban J connectivity index is 1.74. The van der Waals surface area contributed by atoms with Gasteiger partial charge in [-0.3, -0.25) is 9.59 Å². The number of esters is 1. The number of rotatable bonds is 5. The van der Waals surface area contributed by atoms with Gasteiger partial charge < -0.3 is 19.9 Å². The maximum Gasteiger partial charge on any atom is 0.340 e. The van der Waals surface area contributed by atoms with Gasteiger partial charge in [-0.2, -0.15) is 0 Å². The van der Waals surface area contributed by atoms with E-state index in [2.05, 4.69) is 10.3 Å².